The van der Waals surface area contributed by atoms with E-state index >= 15 is 0 Å². The van der Waals surface area contributed by atoms with E-state index in [9.17, 15) is 37.1 Å². The molecule has 3 aliphatic carbocycles. The first-order valence-electron chi connectivity index (χ1n) is 25.5. The highest BCUT2D eigenvalue weighted by Crippen LogP contribution is 2.38. The zero-order valence-electron chi connectivity index (χ0n) is 40.9. The van der Waals surface area contributed by atoms with Gasteiger partial charge < -0.3 is 45.9 Å². The van der Waals surface area contributed by atoms with E-state index in [0.29, 0.717) is 82.7 Å². The number of carbonyl (C=O) groups excluding carboxylic acids is 5. The van der Waals surface area contributed by atoms with Gasteiger partial charge in [0, 0.05) is 75.4 Å². The van der Waals surface area contributed by atoms with Gasteiger partial charge in [-0.05, 0) is 113 Å². The van der Waals surface area contributed by atoms with Gasteiger partial charge in [-0.1, -0.05) is 19.9 Å². The number of alkyl halides is 3. The molecule has 5 N–H and O–H groups in total. The van der Waals surface area contributed by atoms with E-state index in [0.717, 1.165) is 56.3 Å². The molecule has 1 aromatic carbocycles. The van der Waals surface area contributed by atoms with Crippen LogP contribution in [0.2, 0.25) is 0 Å². The van der Waals surface area contributed by atoms with E-state index < -0.39 is 23.7 Å². The normalized spacial score (nSPS) is 28.0. The number of likely N-dealkylation sites (tertiary alicyclic amines) is 2. The van der Waals surface area contributed by atoms with Crippen LogP contribution in [0.15, 0.2) is 49.1 Å². The maximum Gasteiger partial charge on any atom is 0.416 e. The zero-order valence-corrected chi connectivity index (χ0v) is 40.9. The number of pyridine rings is 1. The standard InChI is InChI=1S/C51H69F3N10O7/c1-30(2)27-57-34-9-15-43(64-19-16-41(50(64)69)61-47-38-24-33(51(52,53)54)8-14-40(38)58-29-59-47)42(25-34)62-48(67)32-22-35(23-32)60-44(65)7-5-20-70-36-10-12-37(13-11-36)71-21-18-56-49(68)39-26-45(66)63(3)46(39)31-6-4-17-55-28-31/h4,6,8,14,17,24,28-30,32,34-37,39,41-43,46,57H,5,7,9-13,15-16,18-23,25-27H2,1-3H3,(H,56,68)(H,60,65)(H,62,67)(H,58,59,61)/t32?,34-,35?,36?,37?,39+,41+,42-,43+,46-/m1/s1. The Morgan fingerprint density at radius 3 is 2.37 bits per heavy atom. The maximum atomic E-state index is 14.0. The summed E-state index contributed by atoms with van der Waals surface area (Å²) in [5, 5.41) is 16.3. The third-order valence-electron chi connectivity index (χ3n) is 15.0. The molecule has 8 rings (SSSR count). The number of anilines is 1. The molecule has 6 atom stereocenters. The van der Waals surface area contributed by atoms with Gasteiger partial charge in [0.25, 0.3) is 0 Å². The Morgan fingerprint density at radius 2 is 1.65 bits per heavy atom. The Kier molecular flexibility index (Phi) is 17.1. The van der Waals surface area contributed by atoms with Crippen molar-refractivity contribution in [3.8, 4) is 0 Å². The van der Waals surface area contributed by atoms with Crippen LogP contribution in [-0.4, -0.2) is 137 Å². The summed E-state index contributed by atoms with van der Waals surface area (Å²) in [5.74, 6) is -0.729. The first-order valence-corrected chi connectivity index (χ1v) is 25.5. The number of halogens is 3. The van der Waals surface area contributed by atoms with Gasteiger partial charge in [0.1, 0.15) is 18.2 Å². The molecule has 71 heavy (non-hydrogen) atoms. The average molecular weight is 991 g/mol. The van der Waals surface area contributed by atoms with E-state index in [2.05, 4.69) is 55.4 Å². The number of aromatic nitrogens is 3. The van der Waals surface area contributed by atoms with Crippen molar-refractivity contribution in [1.29, 1.82) is 0 Å². The van der Waals surface area contributed by atoms with Crippen molar-refractivity contribution in [3.05, 3.63) is 60.2 Å². The summed E-state index contributed by atoms with van der Waals surface area (Å²) in [7, 11) is 1.72. The zero-order chi connectivity index (χ0) is 50.2. The van der Waals surface area contributed by atoms with Crippen LogP contribution >= 0.6 is 0 Å². The van der Waals surface area contributed by atoms with E-state index in [1.54, 1.807) is 30.4 Å². The quantitative estimate of drug-likeness (QED) is 0.0942. The highest BCUT2D eigenvalue weighted by Gasteiger charge is 2.45. The second-order valence-electron chi connectivity index (χ2n) is 20.5. The van der Waals surface area contributed by atoms with Crippen molar-refractivity contribution in [2.45, 2.75) is 152 Å². The summed E-state index contributed by atoms with van der Waals surface area (Å²) in [5.41, 5.74) is 0.342. The minimum atomic E-state index is -4.55. The molecule has 3 saturated carbocycles. The monoisotopic (exact) mass is 991 g/mol. The van der Waals surface area contributed by atoms with Crippen LogP contribution in [0, 0.1) is 17.8 Å². The van der Waals surface area contributed by atoms with Gasteiger partial charge in [-0.3, -0.25) is 29.0 Å². The summed E-state index contributed by atoms with van der Waals surface area (Å²) in [4.78, 5) is 82.1. The molecule has 0 bridgehead atoms. The lowest BCUT2D eigenvalue weighted by atomic mass is 9.78. The van der Waals surface area contributed by atoms with E-state index in [1.807, 2.05) is 11.0 Å². The largest absolute Gasteiger partial charge is 0.416 e. The third-order valence-corrected chi connectivity index (χ3v) is 15.0. The molecule has 17 nitrogen and oxygen atoms in total. The molecule has 2 aliphatic heterocycles. The molecule has 0 spiro atoms. The van der Waals surface area contributed by atoms with E-state index in [4.69, 9.17) is 9.47 Å². The summed E-state index contributed by atoms with van der Waals surface area (Å²) in [6.07, 6.45) is 8.33. The van der Waals surface area contributed by atoms with Gasteiger partial charge in [-0.25, -0.2) is 9.97 Å². The number of hydrogen-bond donors (Lipinski definition) is 5. The molecule has 3 aromatic rings. The number of amides is 5. The lowest BCUT2D eigenvalue weighted by Gasteiger charge is -2.43. The SMILES string of the molecule is CC(C)CN[C@@H]1CC[C@H](N2CC[C@H](Nc3ncnc4ccc(C(F)(F)F)cc34)C2=O)[C@H](NC(=O)C2CC(NC(=O)CCCOC3CCC(OCCNC(=O)[C@H]4CC(=O)N(C)[C@@H]4c4cccnc4)CC3)C2)C1. The van der Waals surface area contributed by atoms with Gasteiger partial charge >= 0.3 is 6.18 Å². The van der Waals surface area contributed by atoms with Crippen molar-refractivity contribution < 1.29 is 46.6 Å². The maximum absolute atomic E-state index is 14.0. The molecule has 2 aromatic heterocycles. The minimum Gasteiger partial charge on any atom is -0.378 e. The summed E-state index contributed by atoms with van der Waals surface area (Å²) < 4.78 is 52.9. The molecule has 2 saturated heterocycles. The van der Waals surface area contributed by atoms with Crippen LogP contribution in [0.3, 0.4) is 0 Å². The van der Waals surface area contributed by atoms with Crippen LogP contribution in [0.25, 0.3) is 10.9 Å². The predicted molar refractivity (Wildman–Crippen MR) is 257 cm³/mol. The third kappa shape index (κ3) is 13.1. The topological polar surface area (TPSA) is 209 Å². The molecule has 5 aliphatic rings. The molecule has 5 amide bonds. The molecule has 4 heterocycles. The van der Waals surface area contributed by atoms with Crippen molar-refractivity contribution in [3.63, 3.8) is 0 Å². The number of nitrogens with one attached hydrogen (secondary N) is 5. The number of rotatable bonds is 20. The number of fused-ring (bicyclic) bond motifs is 1. The average Bonchev–Trinajstić information content (AvgIpc) is 3.85. The van der Waals surface area contributed by atoms with Gasteiger partial charge in [0.05, 0.1) is 53.9 Å². The van der Waals surface area contributed by atoms with Crippen molar-refractivity contribution in [2.75, 3.05) is 45.2 Å². The molecule has 0 radical (unpaired) electrons. The van der Waals surface area contributed by atoms with Crippen molar-refractivity contribution in [1.82, 2.24) is 46.0 Å². The fourth-order valence-electron chi connectivity index (χ4n) is 11.0. The smallest absolute Gasteiger partial charge is 0.378 e. The lowest BCUT2D eigenvalue weighted by Crippen LogP contribution is -2.60. The lowest BCUT2D eigenvalue weighted by molar-refractivity contribution is -0.137. The van der Waals surface area contributed by atoms with E-state index in [-0.39, 0.29) is 95.5 Å². The van der Waals surface area contributed by atoms with Gasteiger partial charge in [-0.2, -0.15) is 13.2 Å². The number of ether oxygens (including phenoxy) is 2. The molecule has 20 heteroatoms. The Morgan fingerprint density at radius 1 is 0.887 bits per heavy atom. The minimum absolute atomic E-state index is 0.0680. The molecule has 0 unspecified atom stereocenters. The van der Waals surface area contributed by atoms with Crippen LogP contribution in [0.1, 0.15) is 114 Å². The van der Waals surface area contributed by atoms with Gasteiger partial charge in [0.15, 0.2) is 0 Å². The number of benzene rings is 1. The molecular weight excluding hydrogens is 922 g/mol. The highest BCUT2D eigenvalue weighted by atomic mass is 19.4. The molecule has 386 valence electrons. The summed E-state index contributed by atoms with van der Waals surface area (Å²) in [6.45, 7) is 6.74. The van der Waals surface area contributed by atoms with Gasteiger partial charge in [-0.15, -0.1) is 0 Å². The summed E-state index contributed by atoms with van der Waals surface area (Å²) >= 11 is 0. The summed E-state index contributed by atoms with van der Waals surface area (Å²) in [6, 6.07) is 5.42. The molecular formula is C51H69F3N10O7. The second kappa shape index (κ2) is 23.4. The first kappa shape index (κ1) is 51.9. The fraction of sp³-hybridized carbons (Fsp3) is 0.647. The first-order chi connectivity index (χ1) is 34.1. The fourth-order valence-corrected chi connectivity index (χ4v) is 11.0. The van der Waals surface area contributed by atoms with Crippen LogP contribution in [0.4, 0.5) is 19.0 Å². The van der Waals surface area contributed by atoms with Crippen LogP contribution in [0.5, 0.6) is 0 Å². The molecule has 5 fully saturated rings. The second-order valence-corrected chi connectivity index (χ2v) is 20.5. The predicted octanol–water partition coefficient (Wildman–Crippen LogP) is 5.06. The Bertz CT molecular complexity index is 2330. The Balaban J connectivity index is 0.720. The Hall–Kier alpha value is -5.47. The Labute approximate surface area is 412 Å². The number of hydrogen-bond acceptors (Lipinski definition) is 12. The highest BCUT2D eigenvalue weighted by molar-refractivity contribution is 5.93. The number of carbonyl (C=O) groups is 5. The van der Waals surface area contributed by atoms with Gasteiger partial charge in [0.2, 0.25) is 29.5 Å². The van der Waals surface area contributed by atoms with Crippen LogP contribution in [-0.2, 0) is 39.6 Å². The number of nitrogens with zero attached hydrogens (tertiary/aromatic N) is 5. The van der Waals surface area contributed by atoms with Crippen molar-refractivity contribution in [2.24, 2.45) is 17.8 Å². The van der Waals surface area contributed by atoms with Crippen molar-refractivity contribution >= 4 is 46.3 Å². The van der Waals surface area contributed by atoms with E-state index in [1.165, 1.54) is 12.4 Å². The van der Waals surface area contributed by atoms with Crippen LogP contribution < -0.4 is 26.6 Å².